The zero-order valence-electron chi connectivity index (χ0n) is 19.7. The van der Waals surface area contributed by atoms with Gasteiger partial charge in [-0.2, -0.15) is 0 Å². The monoisotopic (exact) mass is 600 g/mol. The zero-order valence-corrected chi connectivity index (χ0v) is 21.9. The summed E-state index contributed by atoms with van der Waals surface area (Å²) in [6.45, 7) is 3.71. The predicted octanol–water partition coefficient (Wildman–Crippen LogP) is 5.30. The van der Waals surface area contributed by atoms with Crippen LogP contribution in [0.1, 0.15) is 22.3 Å². The Morgan fingerprint density at radius 1 is 1.03 bits per heavy atom. The number of carbonyl (C=O) groups excluding carboxylic acids is 3. The van der Waals surface area contributed by atoms with Gasteiger partial charge in [-0.1, -0.05) is 24.3 Å². The largest absolute Gasteiger partial charge is 0.493 e. The molecule has 3 aromatic rings. The van der Waals surface area contributed by atoms with Gasteiger partial charge in [-0.25, -0.2) is 14.1 Å². The molecule has 0 aromatic heterocycles. The number of carbonyl (C=O) groups is 3. The molecule has 0 radical (unpaired) electrons. The Morgan fingerprint density at radius 2 is 1.72 bits per heavy atom. The normalized spacial score (nSPS) is 14.8. The van der Waals surface area contributed by atoms with Gasteiger partial charge in [0.05, 0.1) is 16.4 Å². The lowest BCUT2D eigenvalue weighted by Crippen LogP contribution is -2.54. The SMILES string of the molecule is COc1cc(/C=C2\C(=O)NC(=O)N(c3cc(C)cc(C)c3)C2=O)cc(I)c1OCc1ccccc1F. The van der Waals surface area contributed by atoms with Gasteiger partial charge in [0.15, 0.2) is 11.5 Å². The molecule has 0 unspecified atom stereocenters. The third kappa shape index (κ3) is 5.25. The Labute approximate surface area is 221 Å². The molecule has 36 heavy (non-hydrogen) atoms. The molecule has 4 rings (SSSR count). The average molecular weight is 600 g/mol. The lowest BCUT2D eigenvalue weighted by Gasteiger charge is -2.27. The van der Waals surface area contributed by atoms with Crippen molar-refractivity contribution in [2.75, 3.05) is 12.0 Å². The van der Waals surface area contributed by atoms with Crippen LogP contribution in [0.4, 0.5) is 14.9 Å². The van der Waals surface area contributed by atoms with Gasteiger partial charge in [-0.3, -0.25) is 14.9 Å². The van der Waals surface area contributed by atoms with Crippen LogP contribution in [0, 0.1) is 23.2 Å². The molecule has 1 heterocycles. The maximum Gasteiger partial charge on any atom is 0.335 e. The van der Waals surface area contributed by atoms with Crippen LogP contribution in [-0.4, -0.2) is 25.0 Å². The van der Waals surface area contributed by atoms with E-state index in [0.717, 1.165) is 16.0 Å². The van der Waals surface area contributed by atoms with Gasteiger partial charge in [0.1, 0.15) is 18.0 Å². The van der Waals surface area contributed by atoms with E-state index in [1.165, 1.54) is 19.3 Å². The summed E-state index contributed by atoms with van der Waals surface area (Å²) in [4.78, 5) is 39.3. The molecule has 0 bridgehead atoms. The summed E-state index contributed by atoms with van der Waals surface area (Å²) in [5.41, 5.74) is 2.80. The van der Waals surface area contributed by atoms with Gasteiger partial charge in [0, 0.05) is 5.56 Å². The van der Waals surface area contributed by atoms with Crippen LogP contribution < -0.4 is 19.7 Å². The minimum atomic E-state index is -0.809. The van der Waals surface area contributed by atoms with Gasteiger partial charge in [-0.15, -0.1) is 0 Å². The number of hydrogen-bond donors (Lipinski definition) is 1. The molecule has 1 N–H and O–H groups in total. The summed E-state index contributed by atoms with van der Waals surface area (Å²) in [7, 11) is 1.46. The first-order valence-electron chi connectivity index (χ1n) is 10.9. The second kappa shape index (κ2) is 10.5. The predicted molar refractivity (Wildman–Crippen MR) is 141 cm³/mol. The molecule has 184 valence electrons. The summed E-state index contributed by atoms with van der Waals surface area (Å²) in [6, 6.07) is 14.1. The van der Waals surface area contributed by atoms with E-state index in [9.17, 15) is 18.8 Å². The average Bonchev–Trinajstić information content (AvgIpc) is 2.81. The lowest BCUT2D eigenvalue weighted by atomic mass is 10.0. The summed E-state index contributed by atoms with van der Waals surface area (Å²) in [6.07, 6.45) is 1.39. The zero-order chi connectivity index (χ0) is 26.0. The highest BCUT2D eigenvalue weighted by Crippen LogP contribution is 2.36. The van der Waals surface area contributed by atoms with Crippen molar-refractivity contribution >= 4 is 52.2 Å². The van der Waals surface area contributed by atoms with Crippen LogP contribution >= 0.6 is 22.6 Å². The van der Waals surface area contributed by atoms with Crippen molar-refractivity contribution in [1.29, 1.82) is 0 Å². The summed E-state index contributed by atoms with van der Waals surface area (Å²) < 4.78 is 25.9. The van der Waals surface area contributed by atoms with E-state index in [2.05, 4.69) is 5.32 Å². The van der Waals surface area contributed by atoms with Crippen LogP contribution in [0.5, 0.6) is 11.5 Å². The maximum atomic E-state index is 14.0. The highest BCUT2D eigenvalue weighted by Gasteiger charge is 2.37. The number of nitrogens with zero attached hydrogens (tertiary/aromatic N) is 1. The molecule has 1 fully saturated rings. The number of aryl methyl sites for hydroxylation is 2. The van der Waals surface area contributed by atoms with E-state index >= 15 is 0 Å². The van der Waals surface area contributed by atoms with Crippen molar-refractivity contribution in [2.24, 2.45) is 0 Å². The topological polar surface area (TPSA) is 84.9 Å². The number of nitrogens with one attached hydrogen (secondary N) is 1. The molecule has 1 aliphatic heterocycles. The third-order valence-corrected chi connectivity index (χ3v) is 6.26. The summed E-state index contributed by atoms with van der Waals surface area (Å²) in [5.74, 6) is -1.16. The van der Waals surface area contributed by atoms with Crippen molar-refractivity contribution in [3.8, 4) is 11.5 Å². The first-order valence-corrected chi connectivity index (χ1v) is 12.0. The summed E-state index contributed by atoms with van der Waals surface area (Å²) in [5, 5.41) is 2.23. The molecule has 0 atom stereocenters. The molecule has 4 amide bonds. The number of benzene rings is 3. The number of amides is 4. The van der Waals surface area contributed by atoms with E-state index in [-0.39, 0.29) is 18.0 Å². The number of rotatable bonds is 6. The molecule has 1 saturated heterocycles. The highest BCUT2D eigenvalue weighted by atomic mass is 127. The fourth-order valence-corrected chi connectivity index (χ4v) is 4.65. The Balaban J connectivity index is 1.66. The number of imide groups is 2. The fourth-order valence-electron chi connectivity index (χ4n) is 3.87. The molecule has 0 saturated carbocycles. The highest BCUT2D eigenvalue weighted by molar-refractivity contribution is 14.1. The Bertz CT molecular complexity index is 1400. The van der Waals surface area contributed by atoms with Crippen molar-refractivity contribution in [1.82, 2.24) is 5.32 Å². The number of barbiturate groups is 1. The minimum absolute atomic E-state index is 0.00660. The maximum absolute atomic E-state index is 14.0. The number of halogens is 2. The van der Waals surface area contributed by atoms with Gasteiger partial charge >= 0.3 is 6.03 Å². The number of anilines is 1. The Morgan fingerprint density at radius 3 is 2.39 bits per heavy atom. The van der Waals surface area contributed by atoms with E-state index in [1.54, 1.807) is 42.5 Å². The molecule has 9 heteroatoms. The van der Waals surface area contributed by atoms with Gasteiger partial charge in [0.2, 0.25) is 0 Å². The van der Waals surface area contributed by atoms with Crippen LogP contribution in [0.15, 0.2) is 60.2 Å². The van der Waals surface area contributed by atoms with Gasteiger partial charge in [-0.05, 0) is 89.5 Å². The number of hydrogen-bond acceptors (Lipinski definition) is 5. The first kappa shape index (κ1) is 25.4. The van der Waals surface area contributed by atoms with E-state index < -0.39 is 17.8 Å². The second-order valence-electron chi connectivity index (χ2n) is 8.22. The molecule has 0 spiro atoms. The molecule has 1 aliphatic rings. The first-order chi connectivity index (χ1) is 17.2. The van der Waals surface area contributed by atoms with Gasteiger partial charge < -0.3 is 9.47 Å². The van der Waals surface area contributed by atoms with Gasteiger partial charge in [0.25, 0.3) is 11.8 Å². The molecular weight excluding hydrogens is 578 g/mol. The van der Waals surface area contributed by atoms with Crippen molar-refractivity contribution in [3.05, 3.63) is 91.8 Å². The summed E-state index contributed by atoms with van der Waals surface area (Å²) >= 11 is 2.04. The standard InChI is InChI=1S/C27H22FIN2O5/c1-15-8-16(2)10-19(9-15)31-26(33)20(25(32)30-27(31)34)11-17-12-22(29)24(23(13-17)35-3)36-14-18-6-4-5-7-21(18)28/h4-13H,14H2,1-3H3,(H,30,32,34)/b20-11+. The lowest BCUT2D eigenvalue weighted by molar-refractivity contribution is -0.122. The van der Waals surface area contributed by atoms with Crippen LogP contribution in [-0.2, 0) is 16.2 Å². The Kier molecular flexibility index (Phi) is 7.39. The van der Waals surface area contributed by atoms with E-state index in [0.29, 0.717) is 31.9 Å². The minimum Gasteiger partial charge on any atom is -0.493 e. The van der Waals surface area contributed by atoms with Crippen molar-refractivity contribution < 1.29 is 28.2 Å². The molecule has 3 aromatic carbocycles. The Hall–Kier alpha value is -3.73. The third-order valence-electron chi connectivity index (χ3n) is 5.46. The van der Waals surface area contributed by atoms with Crippen LogP contribution in [0.2, 0.25) is 0 Å². The quantitative estimate of drug-likeness (QED) is 0.236. The molecular formula is C27H22FIN2O5. The van der Waals surface area contributed by atoms with Crippen molar-refractivity contribution in [2.45, 2.75) is 20.5 Å². The molecule has 7 nitrogen and oxygen atoms in total. The number of ether oxygens (including phenoxy) is 2. The van der Waals surface area contributed by atoms with Crippen LogP contribution in [0.25, 0.3) is 6.08 Å². The van der Waals surface area contributed by atoms with E-state index in [4.69, 9.17) is 9.47 Å². The number of urea groups is 1. The fraction of sp³-hybridized carbons (Fsp3) is 0.148. The smallest absolute Gasteiger partial charge is 0.335 e. The second-order valence-corrected chi connectivity index (χ2v) is 9.38. The molecule has 0 aliphatic carbocycles. The van der Waals surface area contributed by atoms with Crippen LogP contribution in [0.3, 0.4) is 0 Å². The van der Waals surface area contributed by atoms with Crippen molar-refractivity contribution in [3.63, 3.8) is 0 Å². The number of methoxy groups -OCH3 is 1. The van der Waals surface area contributed by atoms with E-state index in [1.807, 2.05) is 42.5 Å².